The monoisotopic (exact) mass is 345 g/mol. The van der Waals surface area contributed by atoms with Crippen LogP contribution in [0.15, 0.2) is 28.7 Å². The van der Waals surface area contributed by atoms with Crippen LogP contribution in [0.25, 0.3) is 11.4 Å². The number of hydrogen-bond acceptors (Lipinski definition) is 3. The first-order valence-corrected chi connectivity index (χ1v) is 8.30. The van der Waals surface area contributed by atoms with Gasteiger partial charge in [-0.25, -0.2) is 9.97 Å². The van der Waals surface area contributed by atoms with Crippen LogP contribution in [0.4, 0.5) is 5.82 Å². The topological polar surface area (TPSA) is 37.8 Å². The van der Waals surface area contributed by atoms with Gasteiger partial charge in [-0.05, 0) is 37.5 Å². The van der Waals surface area contributed by atoms with E-state index >= 15 is 0 Å². The van der Waals surface area contributed by atoms with E-state index in [4.69, 9.17) is 4.98 Å². The Bertz CT molecular complexity index is 648. The molecule has 1 saturated carbocycles. The number of benzene rings is 1. The van der Waals surface area contributed by atoms with Crippen LogP contribution in [0.1, 0.15) is 42.9 Å². The van der Waals surface area contributed by atoms with Gasteiger partial charge < -0.3 is 5.32 Å². The lowest BCUT2D eigenvalue weighted by molar-refractivity contribution is 0.696. The van der Waals surface area contributed by atoms with E-state index in [1.54, 1.807) is 0 Å². The van der Waals surface area contributed by atoms with Gasteiger partial charge in [-0.2, -0.15) is 0 Å². The fourth-order valence-corrected chi connectivity index (χ4v) is 3.18. The third-order valence-corrected chi connectivity index (χ3v) is 5.08. The lowest BCUT2D eigenvalue weighted by Crippen LogP contribution is -2.04. The molecule has 1 aromatic carbocycles. The minimum absolute atomic E-state index is 0.593. The van der Waals surface area contributed by atoms with Gasteiger partial charge in [0.2, 0.25) is 0 Å². The first-order valence-electron chi connectivity index (χ1n) is 7.50. The first-order chi connectivity index (χ1) is 10.2. The van der Waals surface area contributed by atoms with Crippen molar-refractivity contribution < 1.29 is 0 Å². The number of aryl methyl sites for hydroxylation is 1. The lowest BCUT2D eigenvalue weighted by atomic mass is 10.0. The highest BCUT2D eigenvalue weighted by atomic mass is 79.9. The number of nitrogens with one attached hydrogen (secondary N) is 1. The number of nitrogens with zero attached hydrogens (tertiary/aromatic N) is 2. The molecule has 21 heavy (non-hydrogen) atoms. The van der Waals surface area contributed by atoms with Gasteiger partial charge in [0.15, 0.2) is 5.82 Å². The van der Waals surface area contributed by atoms with Crippen LogP contribution in [0.2, 0.25) is 0 Å². The van der Waals surface area contributed by atoms with Crippen molar-refractivity contribution >= 4 is 21.7 Å². The average Bonchev–Trinajstić information content (AvgIpc) is 3.04. The molecule has 4 heteroatoms. The average molecular weight is 346 g/mol. The van der Waals surface area contributed by atoms with Crippen molar-refractivity contribution in [1.82, 2.24) is 9.97 Å². The molecule has 0 amide bonds. The Morgan fingerprint density at radius 1 is 1.14 bits per heavy atom. The van der Waals surface area contributed by atoms with E-state index in [2.05, 4.69) is 57.4 Å². The summed E-state index contributed by atoms with van der Waals surface area (Å²) in [5, 5.41) is 3.17. The Balaban J connectivity index is 2.04. The molecule has 0 saturated heterocycles. The Labute approximate surface area is 134 Å². The summed E-state index contributed by atoms with van der Waals surface area (Å²) >= 11 is 3.55. The van der Waals surface area contributed by atoms with Gasteiger partial charge in [-0.1, -0.05) is 34.8 Å². The zero-order valence-corrected chi connectivity index (χ0v) is 14.1. The van der Waals surface area contributed by atoms with E-state index in [0.29, 0.717) is 5.92 Å². The number of anilines is 1. The molecule has 1 aromatic heterocycles. The molecule has 1 heterocycles. The van der Waals surface area contributed by atoms with Crippen LogP contribution in [0.3, 0.4) is 0 Å². The summed E-state index contributed by atoms with van der Waals surface area (Å²) < 4.78 is 1.12. The van der Waals surface area contributed by atoms with Crippen LogP contribution >= 0.6 is 15.9 Å². The largest absolute Gasteiger partial charge is 0.373 e. The normalized spacial score (nSPS) is 15.4. The van der Waals surface area contributed by atoms with Crippen molar-refractivity contribution in [2.75, 3.05) is 12.4 Å². The highest BCUT2D eigenvalue weighted by molar-refractivity contribution is 9.10. The van der Waals surface area contributed by atoms with Crippen molar-refractivity contribution in [3.05, 3.63) is 40.0 Å². The van der Waals surface area contributed by atoms with E-state index in [9.17, 15) is 0 Å². The van der Waals surface area contributed by atoms with Crippen LogP contribution in [0, 0.1) is 6.92 Å². The van der Waals surface area contributed by atoms with E-state index in [1.807, 2.05) is 7.05 Å². The quantitative estimate of drug-likeness (QED) is 0.858. The third kappa shape index (κ3) is 3.10. The number of rotatable bonds is 3. The molecule has 0 radical (unpaired) electrons. The Kier molecular flexibility index (Phi) is 4.24. The van der Waals surface area contributed by atoms with Crippen molar-refractivity contribution in [1.29, 1.82) is 0 Å². The van der Waals surface area contributed by atoms with Gasteiger partial charge in [0.25, 0.3) is 0 Å². The van der Waals surface area contributed by atoms with Crippen LogP contribution in [0.5, 0.6) is 0 Å². The maximum atomic E-state index is 4.84. The Morgan fingerprint density at radius 2 is 1.90 bits per heavy atom. The zero-order chi connectivity index (χ0) is 14.8. The highest BCUT2D eigenvalue weighted by Gasteiger charge is 2.20. The minimum atomic E-state index is 0.593. The number of aromatic nitrogens is 2. The SMILES string of the molecule is CNc1cc(C2CCCC2)nc(-c2ccc(Br)c(C)c2)n1. The van der Waals surface area contributed by atoms with Crippen LogP contribution in [-0.2, 0) is 0 Å². The van der Waals surface area contributed by atoms with E-state index in [0.717, 1.165) is 21.7 Å². The van der Waals surface area contributed by atoms with Gasteiger partial charge in [-0.3, -0.25) is 0 Å². The van der Waals surface area contributed by atoms with Gasteiger partial charge in [0, 0.05) is 34.8 Å². The molecule has 0 spiro atoms. The Morgan fingerprint density at radius 3 is 2.57 bits per heavy atom. The standard InChI is InChI=1S/C17H20BrN3/c1-11-9-13(7-8-14(11)18)17-20-15(10-16(19-2)21-17)12-5-3-4-6-12/h7-10,12H,3-6H2,1-2H3,(H,19,20,21). The maximum absolute atomic E-state index is 4.84. The fraction of sp³-hybridized carbons (Fsp3) is 0.412. The van der Waals surface area contributed by atoms with Crippen molar-refractivity contribution in [2.45, 2.75) is 38.5 Å². The fourth-order valence-electron chi connectivity index (χ4n) is 2.94. The summed E-state index contributed by atoms with van der Waals surface area (Å²) in [7, 11) is 1.91. The van der Waals surface area contributed by atoms with Crippen LogP contribution < -0.4 is 5.32 Å². The summed E-state index contributed by atoms with van der Waals surface area (Å²) in [5.41, 5.74) is 3.46. The zero-order valence-electron chi connectivity index (χ0n) is 12.5. The molecule has 0 atom stereocenters. The molecular formula is C17H20BrN3. The van der Waals surface area contributed by atoms with Gasteiger partial charge in [-0.15, -0.1) is 0 Å². The van der Waals surface area contributed by atoms with Crippen molar-refractivity contribution in [2.24, 2.45) is 0 Å². The summed E-state index contributed by atoms with van der Waals surface area (Å²) in [6.45, 7) is 2.09. The lowest BCUT2D eigenvalue weighted by Gasteiger charge is -2.13. The van der Waals surface area contributed by atoms with Crippen LogP contribution in [-0.4, -0.2) is 17.0 Å². The van der Waals surface area contributed by atoms with E-state index in [1.165, 1.54) is 36.9 Å². The minimum Gasteiger partial charge on any atom is -0.373 e. The first kappa shape index (κ1) is 14.5. The molecule has 110 valence electrons. The predicted octanol–water partition coefficient (Wildman–Crippen LogP) is 4.91. The summed E-state index contributed by atoms with van der Waals surface area (Å²) in [5.74, 6) is 2.32. The van der Waals surface area contributed by atoms with Gasteiger partial charge in [0.1, 0.15) is 5.82 Å². The van der Waals surface area contributed by atoms with E-state index in [-0.39, 0.29) is 0 Å². The molecule has 1 aliphatic rings. The molecule has 2 aromatic rings. The molecule has 0 bridgehead atoms. The maximum Gasteiger partial charge on any atom is 0.161 e. The number of halogens is 1. The third-order valence-electron chi connectivity index (χ3n) is 4.19. The smallest absolute Gasteiger partial charge is 0.161 e. The molecular weight excluding hydrogens is 326 g/mol. The summed E-state index contributed by atoms with van der Waals surface area (Å²) in [6.07, 6.45) is 5.13. The van der Waals surface area contributed by atoms with Gasteiger partial charge in [0.05, 0.1) is 0 Å². The predicted molar refractivity (Wildman–Crippen MR) is 90.7 cm³/mol. The second-order valence-corrected chi connectivity index (χ2v) is 6.55. The Hall–Kier alpha value is -1.42. The highest BCUT2D eigenvalue weighted by Crippen LogP contribution is 2.34. The molecule has 1 N–H and O–H groups in total. The molecule has 0 aliphatic heterocycles. The van der Waals surface area contributed by atoms with Crippen molar-refractivity contribution in [3.63, 3.8) is 0 Å². The van der Waals surface area contributed by atoms with Gasteiger partial charge >= 0.3 is 0 Å². The second-order valence-electron chi connectivity index (χ2n) is 5.70. The second kappa shape index (κ2) is 6.14. The molecule has 1 aliphatic carbocycles. The molecule has 0 unspecified atom stereocenters. The summed E-state index contributed by atoms with van der Waals surface area (Å²) in [4.78, 5) is 9.46. The van der Waals surface area contributed by atoms with Crippen molar-refractivity contribution in [3.8, 4) is 11.4 Å². The molecule has 3 rings (SSSR count). The summed E-state index contributed by atoms with van der Waals surface area (Å²) in [6, 6.07) is 8.38. The number of hydrogen-bond donors (Lipinski definition) is 1. The molecule has 3 nitrogen and oxygen atoms in total. The molecule has 1 fully saturated rings. The van der Waals surface area contributed by atoms with E-state index < -0.39 is 0 Å².